The van der Waals surface area contributed by atoms with Crippen LogP contribution in [0.2, 0.25) is 0 Å². The summed E-state index contributed by atoms with van der Waals surface area (Å²) in [6.45, 7) is 4.70. The van der Waals surface area contributed by atoms with Crippen LogP contribution in [0.4, 0.5) is 10.1 Å². The second-order valence-electron chi connectivity index (χ2n) is 7.30. The van der Waals surface area contributed by atoms with Crippen molar-refractivity contribution in [2.24, 2.45) is 16.8 Å². The molecule has 0 bridgehead atoms. The maximum Gasteiger partial charge on any atom is 0.150 e. The Hall–Kier alpha value is -1.83. The fourth-order valence-electron chi connectivity index (χ4n) is 3.86. The average molecular weight is 354 g/mol. The monoisotopic (exact) mass is 353 g/mol. The normalized spacial score (nSPS) is 21.4. The summed E-state index contributed by atoms with van der Waals surface area (Å²) >= 11 is 4.54. The summed E-state index contributed by atoms with van der Waals surface area (Å²) in [7, 11) is 0. The van der Waals surface area contributed by atoms with Gasteiger partial charge in [-0.25, -0.2) is 4.39 Å². The second kappa shape index (κ2) is 8.03. The Morgan fingerprint density at radius 3 is 2.28 bits per heavy atom. The number of halogens is 1. The number of hydrogen-bond donors (Lipinski definition) is 0. The molecule has 1 aliphatic carbocycles. The predicted octanol–water partition coefficient (Wildman–Crippen LogP) is 7.16. The third-order valence-electron chi connectivity index (χ3n) is 5.65. The van der Waals surface area contributed by atoms with Crippen molar-refractivity contribution in [3.63, 3.8) is 0 Å². The van der Waals surface area contributed by atoms with Gasteiger partial charge in [-0.15, -0.1) is 0 Å². The lowest BCUT2D eigenvalue weighted by atomic mass is 9.74. The lowest BCUT2D eigenvalue weighted by Gasteiger charge is -2.31. The minimum atomic E-state index is -0.372. The molecule has 2 aromatic carbocycles. The molecule has 25 heavy (non-hydrogen) atoms. The maximum atomic E-state index is 14.0. The van der Waals surface area contributed by atoms with Crippen LogP contribution in [0, 0.1) is 17.7 Å². The van der Waals surface area contributed by atoms with Gasteiger partial charge in [0.25, 0.3) is 0 Å². The molecule has 0 amide bonds. The molecule has 1 fully saturated rings. The third kappa shape index (κ3) is 4.23. The summed E-state index contributed by atoms with van der Waals surface area (Å²) in [6.07, 6.45) is 5.36. The Morgan fingerprint density at radius 2 is 1.68 bits per heavy atom. The van der Waals surface area contributed by atoms with Gasteiger partial charge in [0, 0.05) is 0 Å². The number of hydrogen-bond acceptors (Lipinski definition) is 2. The van der Waals surface area contributed by atoms with Crippen molar-refractivity contribution in [2.45, 2.75) is 45.4 Å². The number of benzene rings is 2. The number of thiocarbonyl (C=S) groups is 1. The van der Waals surface area contributed by atoms with Crippen LogP contribution in [-0.2, 0) is 0 Å². The van der Waals surface area contributed by atoms with Gasteiger partial charge in [0.2, 0.25) is 0 Å². The molecule has 0 N–H and O–H groups in total. The van der Waals surface area contributed by atoms with Crippen molar-refractivity contribution in [3.05, 3.63) is 53.8 Å². The number of rotatable bonds is 4. The largest absolute Gasteiger partial charge is 0.205 e. The summed E-state index contributed by atoms with van der Waals surface area (Å²) < 4.78 is 14.0. The van der Waals surface area contributed by atoms with Crippen molar-refractivity contribution < 1.29 is 4.39 Å². The van der Waals surface area contributed by atoms with E-state index in [1.807, 2.05) is 6.07 Å². The van der Waals surface area contributed by atoms with E-state index in [2.05, 4.69) is 60.5 Å². The first kappa shape index (κ1) is 18.0. The molecule has 1 aliphatic rings. The molecular weight excluding hydrogens is 329 g/mol. The van der Waals surface area contributed by atoms with Crippen LogP contribution in [0.15, 0.2) is 47.5 Å². The maximum absolute atomic E-state index is 14.0. The van der Waals surface area contributed by atoms with Gasteiger partial charge in [0.05, 0.1) is 5.16 Å². The van der Waals surface area contributed by atoms with Crippen LogP contribution >= 0.6 is 12.2 Å². The first-order chi connectivity index (χ1) is 12.1. The summed E-state index contributed by atoms with van der Waals surface area (Å²) in [5.41, 5.74) is 3.48. The highest BCUT2D eigenvalue weighted by Gasteiger charge is 2.24. The number of aliphatic imine (C=N–C) groups is 1. The molecular formula is C22H24FNS. The third-order valence-corrected chi connectivity index (χ3v) is 5.74. The first-order valence-corrected chi connectivity index (χ1v) is 9.47. The quantitative estimate of drug-likeness (QED) is 0.420. The molecule has 130 valence electrons. The van der Waals surface area contributed by atoms with Crippen LogP contribution < -0.4 is 0 Å². The molecule has 1 saturated carbocycles. The molecule has 1 atom stereocenters. The SMILES string of the molecule is CC1CCC(C(C)c2ccc(-c3ccc(N=C=S)c(F)c3)cc2)CC1. The molecule has 1 nitrogen and oxygen atoms in total. The lowest BCUT2D eigenvalue weighted by molar-refractivity contribution is 0.261. The molecule has 0 spiro atoms. The van der Waals surface area contributed by atoms with Crippen LogP contribution in [0.3, 0.4) is 0 Å². The van der Waals surface area contributed by atoms with Crippen LogP contribution in [-0.4, -0.2) is 5.16 Å². The predicted molar refractivity (Wildman–Crippen MR) is 106 cm³/mol. The standard InChI is InChI=1S/C22H24FNS/c1-15-3-5-17(6-4-15)16(2)18-7-9-19(10-8-18)20-11-12-22(24-14-25)21(23)13-20/h7-13,15-17H,3-6H2,1-2H3. The van der Waals surface area contributed by atoms with Gasteiger partial charge < -0.3 is 0 Å². The Balaban J connectivity index is 1.76. The summed E-state index contributed by atoms with van der Waals surface area (Å²) in [4.78, 5) is 3.73. The van der Waals surface area contributed by atoms with Gasteiger partial charge in [-0.3, -0.25) is 0 Å². The van der Waals surface area contributed by atoms with E-state index in [-0.39, 0.29) is 11.5 Å². The first-order valence-electron chi connectivity index (χ1n) is 9.06. The number of nitrogens with zero attached hydrogens (tertiary/aromatic N) is 1. The molecule has 0 saturated heterocycles. The summed E-state index contributed by atoms with van der Waals surface area (Å²) in [5.74, 6) is 1.87. The zero-order chi connectivity index (χ0) is 17.8. The molecule has 0 heterocycles. The Bertz CT molecular complexity index is 769. The molecule has 2 aromatic rings. The van der Waals surface area contributed by atoms with Crippen LogP contribution in [0.25, 0.3) is 11.1 Å². The molecule has 1 unspecified atom stereocenters. The smallest absolute Gasteiger partial charge is 0.150 e. The van der Waals surface area contributed by atoms with Gasteiger partial charge in [0.1, 0.15) is 11.5 Å². The van der Waals surface area contributed by atoms with Gasteiger partial charge in [-0.1, -0.05) is 57.0 Å². The van der Waals surface area contributed by atoms with Crippen LogP contribution in [0.1, 0.15) is 51.0 Å². The van der Waals surface area contributed by atoms with Crippen molar-refractivity contribution in [1.29, 1.82) is 0 Å². The fourth-order valence-corrected chi connectivity index (χ4v) is 3.96. The van der Waals surface area contributed by atoms with Gasteiger partial charge in [-0.05, 0) is 71.6 Å². The Kier molecular flexibility index (Phi) is 5.78. The van der Waals surface area contributed by atoms with E-state index < -0.39 is 0 Å². The van der Waals surface area contributed by atoms with E-state index >= 15 is 0 Å². The van der Waals surface area contributed by atoms with E-state index in [1.54, 1.807) is 6.07 Å². The van der Waals surface area contributed by atoms with E-state index in [1.165, 1.54) is 37.3 Å². The molecule has 3 rings (SSSR count). The highest BCUT2D eigenvalue weighted by Crippen LogP contribution is 2.38. The lowest BCUT2D eigenvalue weighted by Crippen LogP contribution is -2.17. The number of isothiocyanates is 1. The molecule has 0 aromatic heterocycles. The van der Waals surface area contributed by atoms with Crippen molar-refractivity contribution >= 4 is 23.1 Å². The zero-order valence-electron chi connectivity index (χ0n) is 14.8. The molecule has 0 aliphatic heterocycles. The van der Waals surface area contributed by atoms with Crippen molar-refractivity contribution in [3.8, 4) is 11.1 Å². The average Bonchev–Trinajstić information content (AvgIpc) is 2.64. The van der Waals surface area contributed by atoms with E-state index in [0.29, 0.717) is 5.92 Å². The Morgan fingerprint density at radius 1 is 1.04 bits per heavy atom. The summed E-state index contributed by atoms with van der Waals surface area (Å²) in [6, 6.07) is 13.6. The van der Waals surface area contributed by atoms with Gasteiger partial charge >= 0.3 is 0 Å². The molecule has 3 heteroatoms. The molecule has 0 radical (unpaired) electrons. The van der Waals surface area contributed by atoms with Gasteiger partial charge in [0.15, 0.2) is 0 Å². The minimum Gasteiger partial charge on any atom is -0.205 e. The van der Waals surface area contributed by atoms with Crippen molar-refractivity contribution in [2.75, 3.05) is 0 Å². The van der Waals surface area contributed by atoms with E-state index in [4.69, 9.17) is 0 Å². The van der Waals surface area contributed by atoms with Crippen molar-refractivity contribution in [1.82, 2.24) is 0 Å². The Labute approximate surface area is 155 Å². The zero-order valence-corrected chi connectivity index (χ0v) is 15.7. The highest BCUT2D eigenvalue weighted by molar-refractivity contribution is 7.78. The van der Waals surface area contributed by atoms with Crippen LogP contribution in [0.5, 0.6) is 0 Å². The second-order valence-corrected chi connectivity index (χ2v) is 7.48. The van der Waals surface area contributed by atoms with Gasteiger partial charge in [-0.2, -0.15) is 4.99 Å². The van der Waals surface area contributed by atoms with E-state index in [0.717, 1.165) is 23.0 Å². The highest BCUT2D eigenvalue weighted by atomic mass is 32.1. The fraction of sp³-hybridized carbons (Fsp3) is 0.409. The van der Waals surface area contributed by atoms with E-state index in [9.17, 15) is 4.39 Å². The topological polar surface area (TPSA) is 12.4 Å². The minimum absolute atomic E-state index is 0.232. The summed E-state index contributed by atoms with van der Waals surface area (Å²) in [5, 5.41) is 2.21.